The zero-order valence-electron chi connectivity index (χ0n) is 9.83. The van der Waals surface area contributed by atoms with E-state index in [9.17, 15) is 9.59 Å². The molecule has 0 bridgehead atoms. The number of carbonyl (C=O) groups excluding carboxylic acids is 2. The van der Waals surface area contributed by atoms with Crippen molar-refractivity contribution in [2.75, 3.05) is 13.2 Å². The van der Waals surface area contributed by atoms with Gasteiger partial charge in [0, 0.05) is 0 Å². The number of allylic oxidation sites excluding steroid dienone is 4. The third-order valence-electron chi connectivity index (χ3n) is 2.32. The van der Waals surface area contributed by atoms with E-state index in [0.29, 0.717) is 17.5 Å². The Morgan fingerprint density at radius 3 is 3.17 bits per heavy atom. The SMILES string of the molecule is CCOC(=O)CN=C1N=C2C=CC=CC2C(=O)S1. The van der Waals surface area contributed by atoms with Gasteiger partial charge >= 0.3 is 5.97 Å². The van der Waals surface area contributed by atoms with Crippen LogP contribution in [-0.4, -0.2) is 35.1 Å². The number of hydrogen-bond donors (Lipinski definition) is 0. The largest absolute Gasteiger partial charge is 0.465 e. The summed E-state index contributed by atoms with van der Waals surface area (Å²) < 4.78 is 4.75. The van der Waals surface area contributed by atoms with Crippen LogP contribution in [0.3, 0.4) is 0 Å². The van der Waals surface area contributed by atoms with Crippen molar-refractivity contribution < 1.29 is 14.3 Å². The summed E-state index contributed by atoms with van der Waals surface area (Å²) in [6, 6.07) is 0. The first-order chi connectivity index (χ1) is 8.70. The van der Waals surface area contributed by atoms with Crippen molar-refractivity contribution in [2.24, 2.45) is 15.9 Å². The van der Waals surface area contributed by atoms with Gasteiger partial charge in [0.05, 0.1) is 18.2 Å². The molecule has 0 aromatic heterocycles. The minimum Gasteiger partial charge on any atom is -0.465 e. The lowest BCUT2D eigenvalue weighted by atomic mass is 10.00. The minimum absolute atomic E-state index is 0.0248. The maximum Gasteiger partial charge on any atom is 0.327 e. The molecule has 1 heterocycles. The van der Waals surface area contributed by atoms with E-state index in [2.05, 4.69) is 9.98 Å². The van der Waals surface area contributed by atoms with E-state index >= 15 is 0 Å². The van der Waals surface area contributed by atoms with Gasteiger partial charge in [-0.05, 0) is 24.8 Å². The fourth-order valence-electron chi connectivity index (χ4n) is 1.53. The highest BCUT2D eigenvalue weighted by molar-refractivity contribution is 8.26. The number of amidine groups is 1. The maximum atomic E-state index is 11.8. The van der Waals surface area contributed by atoms with Gasteiger partial charge in [0.15, 0.2) is 5.17 Å². The third-order valence-corrected chi connectivity index (χ3v) is 3.18. The molecule has 0 saturated heterocycles. The molecule has 0 N–H and O–H groups in total. The van der Waals surface area contributed by atoms with Gasteiger partial charge in [0.25, 0.3) is 0 Å². The highest BCUT2D eigenvalue weighted by atomic mass is 32.2. The van der Waals surface area contributed by atoms with Gasteiger partial charge in [0.2, 0.25) is 5.12 Å². The van der Waals surface area contributed by atoms with E-state index in [4.69, 9.17) is 4.74 Å². The summed E-state index contributed by atoms with van der Waals surface area (Å²) in [4.78, 5) is 31.2. The molecule has 1 aliphatic carbocycles. The topological polar surface area (TPSA) is 68.1 Å². The van der Waals surface area contributed by atoms with E-state index < -0.39 is 5.97 Å². The first kappa shape index (κ1) is 12.8. The Kier molecular flexibility index (Phi) is 4.09. The van der Waals surface area contributed by atoms with E-state index in [1.807, 2.05) is 12.2 Å². The van der Waals surface area contributed by atoms with Crippen LogP contribution in [0.25, 0.3) is 0 Å². The molecule has 2 rings (SSSR count). The Balaban J connectivity index is 2.09. The molecular formula is C12H12N2O3S. The number of esters is 1. The van der Waals surface area contributed by atoms with Crippen molar-refractivity contribution in [3.63, 3.8) is 0 Å². The Morgan fingerprint density at radius 2 is 2.39 bits per heavy atom. The predicted octanol–water partition coefficient (Wildman–Crippen LogP) is 1.36. The molecule has 0 amide bonds. The molecule has 5 nitrogen and oxygen atoms in total. The van der Waals surface area contributed by atoms with Crippen LogP contribution in [0.5, 0.6) is 0 Å². The zero-order valence-corrected chi connectivity index (χ0v) is 10.6. The van der Waals surface area contributed by atoms with Crippen LogP contribution in [0.15, 0.2) is 34.3 Å². The Bertz CT molecular complexity index is 492. The van der Waals surface area contributed by atoms with Crippen LogP contribution < -0.4 is 0 Å². The second-order valence-electron chi connectivity index (χ2n) is 3.58. The van der Waals surface area contributed by atoms with Gasteiger partial charge in [-0.15, -0.1) is 0 Å². The lowest BCUT2D eigenvalue weighted by molar-refractivity contribution is -0.141. The molecule has 0 spiro atoms. The molecule has 94 valence electrons. The van der Waals surface area contributed by atoms with Crippen LogP contribution in [0.2, 0.25) is 0 Å². The Morgan fingerprint density at radius 1 is 1.56 bits per heavy atom. The summed E-state index contributed by atoms with van der Waals surface area (Å²) in [6.07, 6.45) is 7.23. The van der Waals surface area contributed by atoms with Crippen molar-refractivity contribution in [3.05, 3.63) is 24.3 Å². The maximum absolute atomic E-state index is 11.8. The molecule has 1 unspecified atom stereocenters. The van der Waals surface area contributed by atoms with E-state index in [-0.39, 0.29) is 17.6 Å². The summed E-state index contributed by atoms with van der Waals surface area (Å²) in [7, 11) is 0. The molecule has 1 atom stereocenters. The summed E-state index contributed by atoms with van der Waals surface area (Å²) >= 11 is 0.963. The van der Waals surface area contributed by atoms with E-state index in [0.717, 1.165) is 11.8 Å². The molecular weight excluding hydrogens is 252 g/mol. The number of thioether (sulfide) groups is 1. The van der Waals surface area contributed by atoms with Gasteiger partial charge in [-0.3, -0.25) is 9.59 Å². The molecule has 0 radical (unpaired) electrons. The number of hydrogen-bond acceptors (Lipinski definition) is 5. The molecule has 0 aromatic rings. The number of ether oxygens (including phenoxy) is 1. The third kappa shape index (κ3) is 2.95. The van der Waals surface area contributed by atoms with Crippen molar-refractivity contribution >= 4 is 33.7 Å². The Hall–Kier alpha value is -1.69. The van der Waals surface area contributed by atoms with Crippen LogP contribution in [0, 0.1) is 5.92 Å². The normalized spacial score (nSPS) is 23.8. The highest BCUT2D eigenvalue weighted by Gasteiger charge is 2.28. The summed E-state index contributed by atoms with van der Waals surface area (Å²) in [5, 5.41) is 0.294. The first-order valence-electron chi connectivity index (χ1n) is 5.56. The lowest BCUT2D eigenvalue weighted by Gasteiger charge is -2.18. The van der Waals surface area contributed by atoms with Crippen molar-refractivity contribution in [2.45, 2.75) is 6.92 Å². The number of rotatable bonds is 3. The molecule has 2 aliphatic rings. The van der Waals surface area contributed by atoms with Gasteiger partial charge in [-0.25, -0.2) is 9.98 Å². The molecule has 0 saturated carbocycles. The van der Waals surface area contributed by atoms with E-state index in [1.165, 1.54) is 0 Å². The fourth-order valence-corrected chi connectivity index (χ4v) is 2.32. The summed E-state index contributed by atoms with van der Waals surface area (Å²) in [6.45, 7) is 1.94. The van der Waals surface area contributed by atoms with Crippen LogP contribution >= 0.6 is 11.8 Å². The molecule has 0 fully saturated rings. The van der Waals surface area contributed by atoms with Crippen molar-refractivity contribution in [1.82, 2.24) is 0 Å². The first-order valence-corrected chi connectivity index (χ1v) is 6.37. The van der Waals surface area contributed by atoms with Gasteiger partial charge < -0.3 is 4.74 Å². The second-order valence-corrected chi connectivity index (χ2v) is 4.55. The van der Waals surface area contributed by atoms with E-state index in [1.54, 1.807) is 19.1 Å². The predicted molar refractivity (Wildman–Crippen MR) is 70.7 cm³/mol. The van der Waals surface area contributed by atoms with Gasteiger partial charge in [-0.1, -0.05) is 18.2 Å². The molecule has 6 heteroatoms. The standard InChI is InChI=1S/C12H12N2O3S/c1-2-17-10(15)7-13-12-14-9-6-4-3-5-8(9)11(16)18-12/h3-6,8H,2,7H2,1H3. The lowest BCUT2D eigenvalue weighted by Crippen LogP contribution is -2.26. The molecule has 1 aliphatic heterocycles. The molecule has 0 aromatic carbocycles. The van der Waals surface area contributed by atoms with Crippen LogP contribution in [0.1, 0.15) is 6.92 Å². The second kappa shape index (κ2) is 5.77. The minimum atomic E-state index is -0.417. The number of carbonyl (C=O) groups is 2. The average molecular weight is 264 g/mol. The number of aliphatic imine (C=N–C) groups is 2. The fraction of sp³-hybridized carbons (Fsp3) is 0.333. The molecule has 18 heavy (non-hydrogen) atoms. The Labute approximate surface area is 109 Å². The quantitative estimate of drug-likeness (QED) is 0.722. The number of nitrogens with zero attached hydrogens (tertiary/aromatic N) is 2. The smallest absolute Gasteiger partial charge is 0.327 e. The average Bonchev–Trinajstić information content (AvgIpc) is 2.37. The summed E-state index contributed by atoms with van der Waals surface area (Å²) in [5.41, 5.74) is 0.670. The van der Waals surface area contributed by atoms with Crippen molar-refractivity contribution in [3.8, 4) is 0 Å². The van der Waals surface area contributed by atoms with Crippen LogP contribution in [0.4, 0.5) is 0 Å². The highest BCUT2D eigenvalue weighted by Crippen LogP contribution is 2.25. The number of fused-ring (bicyclic) bond motifs is 1. The van der Waals surface area contributed by atoms with Gasteiger partial charge in [0.1, 0.15) is 6.54 Å². The summed E-state index contributed by atoms with van der Waals surface area (Å²) in [5.74, 6) is -0.707. The van der Waals surface area contributed by atoms with Gasteiger partial charge in [-0.2, -0.15) is 0 Å². The zero-order chi connectivity index (χ0) is 13.0. The monoisotopic (exact) mass is 264 g/mol. The van der Waals surface area contributed by atoms with Crippen molar-refractivity contribution in [1.29, 1.82) is 0 Å². The van der Waals surface area contributed by atoms with Crippen LogP contribution in [-0.2, 0) is 14.3 Å².